The van der Waals surface area contributed by atoms with Crippen LogP contribution in [0.4, 0.5) is 0 Å². The Labute approximate surface area is 242 Å². The van der Waals surface area contributed by atoms with Gasteiger partial charge in [-0.1, -0.05) is 20.3 Å². The number of aromatic amines is 1. The van der Waals surface area contributed by atoms with Crippen LogP contribution in [-0.4, -0.2) is 70.0 Å². The van der Waals surface area contributed by atoms with Crippen molar-refractivity contribution in [2.75, 3.05) is 26.3 Å². The smallest absolute Gasteiger partial charge is 0.475 e. The van der Waals surface area contributed by atoms with Gasteiger partial charge in [-0.3, -0.25) is 10.4 Å². The van der Waals surface area contributed by atoms with Crippen LogP contribution in [0.3, 0.4) is 0 Å². The van der Waals surface area contributed by atoms with Crippen molar-refractivity contribution >= 4 is 21.1 Å². The van der Waals surface area contributed by atoms with Gasteiger partial charge in [0.15, 0.2) is 0 Å². The van der Waals surface area contributed by atoms with Gasteiger partial charge in [0.1, 0.15) is 28.6 Å². The number of H-pyrrole nitrogens is 1. The van der Waals surface area contributed by atoms with E-state index in [1.807, 2.05) is 20.0 Å². The zero-order chi connectivity index (χ0) is 30.4. The third-order valence-corrected chi connectivity index (χ3v) is 9.18. The number of aryl methyl sites for hydroxylation is 2. The Kier molecular flexibility index (Phi) is 10.2. The molecule has 0 aliphatic carbocycles. The van der Waals surface area contributed by atoms with Crippen LogP contribution in [0.5, 0.6) is 5.75 Å². The molecule has 0 unspecified atom stereocenters. The normalized spacial score (nSPS) is 15.6. The van der Waals surface area contributed by atoms with Crippen molar-refractivity contribution in [3.8, 4) is 17.1 Å². The zero-order valence-electron chi connectivity index (χ0n) is 23.7. The molecule has 42 heavy (non-hydrogen) atoms. The van der Waals surface area contributed by atoms with Gasteiger partial charge >= 0.3 is 5.09 Å². The molecule has 1 atom stereocenters. The van der Waals surface area contributed by atoms with Gasteiger partial charge in [-0.2, -0.15) is 9.14 Å². The van der Waals surface area contributed by atoms with E-state index >= 15 is 0 Å². The first kappa shape index (κ1) is 31.4. The summed E-state index contributed by atoms with van der Waals surface area (Å²) < 4.78 is 36.4. The number of ether oxygens (including phenoxy) is 1. The van der Waals surface area contributed by atoms with Crippen molar-refractivity contribution in [3.05, 3.63) is 50.4 Å². The van der Waals surface area contributed by atoms with Gasteiger partial charge in [-0.15, -0.1) is 0 Å². The largest absolute Gasteiger partial charge is 0.765 e. The molecule has 3 heterocycles. The van der Waals surface area contributed by atoms with E-state index in [9.17, 15) is 23.3 Å². The van der Waals surface area contributed by atoms with E-state index < -0.39 is 21.2 Å². The van der Waals surface area contributed by atoms with E-state index in [1.54, 1.807) is 17.7 Å². The highest BCUT2D eigenvalue weighted by molar-refractivity contribution is 7.89. The minimum absolute atomic E-state index is 0.00262. The molecule has 3 aromatic rings. The number of piperidine rings is 1. The second-order valence-corrected chi connectivity index (χ2v) is 12.1. The number of sulfonamides is 1. The summed E-state index contributed by atoms with van der Waals surface area (Å²) in [6.45, 7) is 4.24. The molecule has 3 N–H and O–H groups in total. The second kappa shape index (κ2) is 13.6. The summed E-state index contributed by atoms with van der Waals surface area (Å²) >= 11 is 0. The predicted octanol–water partition coefficient (Wildman–Crippen LogP) is 2.56. The van der Waals surface area contributed by atoms with Gasteiger partial charge < -0.3 is 24.3 Å². The summed E-state index contributed by atoms with van der Waals surface area (Å²) in [4.78, 5) is 41.1. The molecular weight excluding hydrogens is 572 g/mol. The Bertz CT molecular complexity index is 1560. The Morgan fingerprint density at radius 2 is 2.00 bits per heavy atom. The molecule has 2 aromatic heterocycles. The Hall–Kier alpha value is -3.57. The SMILES string of the molecule is CCCOc1ccc(S(=O)(=O)N2CCC([C@@H](CON[O-])O[N+](=O)O)CC2)cc1-c1nc2c(CCC)cn(C)c2c(=O)[nH]1. The van der Waals surface area contributed by atoms with E-state index in [0.717, 1.165) is 24.8 Å². The minimum atomic E-state index is -3.99. The number of nitrogens with zero attached hydrogens (tertiary/aromatic N) is 4. The molecule has 16 heteroatoms. The van der Waals surface area contributed by atoms with Crippen LogP contribution in [0.15, 0.2) is 34.1 Å². The van der Waals surface area contributed by atoms with Crippen molar-refractivity contribution < 1.29 is 33.1 Å². The topological polar surface area (TPSA) is 191 Å². The molecule has 1 aliphatic heterocycles. The first-order chi connectivity index (χ1) is 20.1. The highest BCUT2D eigenvalue weighted by Gasteiger charge is 2.37. The van der Waals surface area contributed by atoms with Gasteiger partial charge in [0.2, 0.25) is 16.1 Å². The van der Waals surface area contributed by atoms with Crippen molar-refractivity contribution in [1.82, 2.24) is 24.5 Å². The lowest BCUT2D eigenvalue weighted by molar-refractivity contribution is -0.982. The van der Waals surface area contributed by atoms with Crippen LogP contribution in [0, 0.1) is 16.0 Å². The standard InChI is InChI=1S/C26H36N6O9S/c1-4-6-18-15-30(3)24-23(18)27-25(28-26(24)33)20-14-19(7-8-21(20)39-13-5-2)42(37,38)31-11-9-17(10-12-31)22(16-40-29-34)41-32(35)36/h7-8,14-15,17,22,29H,4-6,9-13,16H2,1-3H3,(H,35,36)(H,27,28,33)/t22-/m1/s1. The highest BCUT2D eigenvalue weighted by atomic mass is 32.2. The highest BCUT2D eigenvalue weighted by Crippen LogP contribution is 2.34. The number of hydrogen-bond acceptors (Lipinski definition) is 10. The van der Waals surface area contributed by atoms with Crippen LogP contribution < -0.4 is 15.9 Å². The van der Waals surface area contributed by atoms with Gasteiger partial charge in [0.25, 0.3) is 5.56 Å². The Morgan fingerprint density at radius 1 is 1.26 bits per heavy atom. The van der Waals surface area contributed by atoms with Crippen molar-refractivity contribution in [2.24, 2.45) is 13.0 Å². The molecule has 1 saturated heterocycles. The number of benzene rings is 1. The van der Waals surface area contributed by atoms with Crippen LogP contribution >= 0.6 is 0 Å². The van der Waals surface area contributed by atoms with Crippen LogP contribution in [0.2, 0.25) is 0 Å². The van der Waals surface area contributed by atoms with E-state index in [0.29, 0.717) is 29.0 Å². The van der Waals surface area contributed by atoms with Crippen molar-refractivity contribution in [2.45, 2.75) is 57.0 Å². The average molecular weight is 609 g/mol. The number of nitrogens with one attached hydrogen (secondary N) is 2. The maximum atomic E-state index is 13.7. The molecule has 15 nitrogen and oxygen atoms in total. The predicted molar refractivity (Wildman–Crippen MR) is 151 cm³/mol. The summed E-state index contributed by atoms with van der Waals surface area (Å²) in [6, 6.07) is 4.48. The maximum absolute atomic E-state index is 13.7. The maximum Gasteiger partial charge on any atom is 0.475 e. The molecule has 1 aliphatic rings. The molecule has 0 bridgehead atoms. The second-order valence-electron chi connectivity index (χ2n) is 10.2. The lowest BCUT2D eigenvalue weighted by Gasteiger charge is -2.32. The quantitative estimate of drug-likeness (QED) is 0.228. The molecule has 4 rings (SSSR count). The van der Waals surface area contributed by atoms with Crippen LogP contribution in [0.1, 0.15) is 45.1 Å². The lowest BCUT2D eigenvalue weighted by atomic mass is 9.92. The fourth-order valence-electron chi connectivity index (χ4n) is 5.27. The fourth-order valence-corrected chi connectivity index (χ4v) is 6.77. The molecule has 1 aromatic carbocycles. The van der Waals surface area contributed by atoms with Gasteiger partial charge in [-0.05, 0) is 49.4 Å². The van der Waals surface area contributed by atoms with E-state index in [1.165, 1.54) is 22.1 Å². The van der Waals surface area contributed by atoms with Crippen molar-refractivity contribution in [3.63, 3.8) is 0 Å². The Morgan fingerprint density at radius 3 is 2.64 bits per heavy atom. The summed E-state index contributed by atoms with van der Waals surface area (Å²) in [7, 11) is -2.20. The first-order valence-electron chi connectivity index (χ1n) is 13.8. The average Bonchev–Trinajstić information content (AvgIpc) is 3.29. The van der Waals surface area contributed by atoms with E-state index in [2.05, 4.69) is 9.82 Å². The van der Waals surface area contributed by atoms with Gasteiger partial charge in [0, 0.05) is 32.3 Å². The number of rotatable bonds is 14. The Balaban J connectivity index is 1.67. The molecule has 0 spiro atoms. The van der Waals surface area contributed by atoms with Gasteiger partial charge in [0.05, 0.1) is 22.6 Å². The number of aromatic nitrogens is 3. The molecule has 0 saturated carbocycles. The number of fused-ring (bicyclic) bond motifs is 1. The lowest BCUT2D eigenvalue weighted by Crippen LogP contribution is -2.43. The monoisotopic (exact) mass is 608 g/mol. The summed E-state index contributed by atoms with van der Waals surface area (Å²) in [5.41, 5.74) is 3.16. The first-order valence-corrected chi connectivity index (χ1v) is 15.2. The van der Waals surface area contributed by atoms with E-state index in [-0.39, 0.29) is 54.7 Å². The molecule has 230 valence electrons. The summed E-state index contributed by atoms with van der Waals surface area (Å²) in [5.74, 6) is 0.233. The minimum Gasteiger partial charge on any atom is -0.765 e. The van der Waals surface area contributed by atoms with Gasteiger partial charge in [-0.25, -0.2) is 18.6 Å². The third-order valence-electron chi connectivity index (χ3n) is 7.28. The molecule has 0 radical (unpaired) electrons. The summed E-state index contributed by atoms with van der Waals surface area (Å²) in [5, 5.41) is 18.7. The zero-order valence-corrected chi connectivity index (χ0v) is 24.6. The van der Waals surface area contributed by atoms with Crippen LogP contribution in [0.25, 0.3) is 22.4 Å². The van der Waals surface area contributed by atoms with Crippen molar-refractivity contribution in [1.29, 1.82) is 0 Å². The van der Waals surface area contributed by atoms with E-state index in [4.69, 9.17) is 19.8 Å². The van der Waals surface area contributed by atoms with Crippen LogP contribution in [-0.2, 0) is 33.2 Å². The molecule has 0 amide bonds. The summed E-state index contributed by atoms with van der Waals surface area (Å²) in [6.07, 6.45) is 3.80. The fraction of sp³-hybridized carbons (Fsp3) is 0.538. The number of hydrogen-bond donors (Lipinski definition) is 3. The third kappa shape index (κ3) is 6.73. The molecule has 1 fully saturated rings. The molecular formula is C26H36N6O9S.